The number of aryl methyl sites for hydroxylation is 2. The molecule has 0 amide bonds. The Balaban J connectivity index is 1.51. The van der Waals surface area contributed by atoms with E-state index in [0.717, 1.165) is 29.6 Å². The van der Waals surface area contributed by atoms with Gasteiger partial charge in [0.05, 0.1) is 12.2 Å². The highest BCUT2D eigenvalue weighted by Gasteiger charge is 2.29. The molecule has 0 aromatic carbocycles. The zero-order valence-corrected chi connectivity index (χ0v) is 14.4. The summed E-state index contributed by atoms with van der Waals surface area (Å²) in [5, 5.41) is 12.0. The topological polar surface area (TPSA) is 68.8 Å². The molecule has 8 heteroatoms. The van der Waals surface area contributed by atoms with Crippen molar-refractivity contribution in [3.05, 3.63) is 51.5 Å². The summed E-state index contributed by atoms with van der Waals surface area (Å²) >= 11 is 1.64. The van der Waals surface area contributed by atoms with Gasteiger partial charge in [0.15, 0.2) is 10.9 Å². The zero-order chi connectivity index (χ0) is 16.7. The minimum absolute atomic E-state index is 0.0759. The van der Waals surface area contributed by atoms with Crippen molar-refractivity contribution < 1.29 is 0 Å². The van der Waals surface area contributed by atoms with Crippen LogP contribution in [0.2, 0.25) is 0 Å². The normalized spacial score (nSPS) is 14.8. The molecule has 0 bridgehead atoms. The first-order chi connectivity index (χ1) is 11.6. The van der Waals surface area contributed by atoms with Crippen LogP contribution in [0.3, 0.4) is 0 Å². The van der Waals surface area contributed by atoms with Crippen LogP contribution in [0.25, 0.3) is 5.82 Å². The number of hydrogen-bond acceptors (Lipinski definition) is 6. The van der Waals surface area contributed by atoms with Crippen molar-refractivity contribution in [2.75, 3.05) is 18.0 Å². The van der Waals surface area contributed by atoms with Gasteiger partial charge in [0, 0.05) is 42.3 Å². The molecule has 0 unspecified atom stereocenters. The van der Waals surface area contributed by atoms with E-state index in [9.17, 15) is 4.79 Å². The maximum atomic E-state index is 12.1. The van der Waals surface area contributed by atoms with Crippen LogP contribution in [0, 0.1) is 19.8 Å². The third-order valence-electron chi connectivity index (χ3n) is 4.16. The van der Waals surface area contributed by atoms with Crippen molar-refractivity contribution in [3.8, 4) is 5.82 Å². The molecule has 1 aliphatic rings. The van der Waals surface area contributed by atoms with E-state index >= 15 is 0 Å². The Morgan fingerprint density at radius 1 is 1.25 bits per heavy atom. The minimum atomic E-state index is -0.0759. The van der Waals surface area contributed by atoms with Gasteiger partial charge < -0.3 is 4.90 Å². The molecule has 24 heavy (non-hydrogen) atoms. The highest BCUT2D eigenvalue weighted by Crippen LogP contribution is 2.26. The molecule has 4 rings (SSSR count). The van der Waals surface area contributed by atoms with Crippen molar-refractivity contribution in [3.63, 3.8) is 0 Å². The smallest absolute Gasteiger partial charge is 0.266 e. The highest BCUT2D eigenvalue weighted by atomic mass is 32.1. The molecule has 0 N–H and O–H groups in total. The molecule has 4 heterocycles. The van der Waals surface area contributed by atoms with Crippen molar-refractivity contribution in [1.29, 1.82) is 0 Å². The van der Waals surface area contributed by atoms with E-state index in [0.29, 0.717) is 18.3 Å². The molecule has 124 valence electrons. The second-order valence-corrected chi connectivity index (χ2v) is 7.01. The zero-order valence-electron chi connectivity index (χ0n) is 13.6. The van der Waals surface area contributed by atoms with Crippen LogP contribution in [0.15, 0.2) is 34.6 Å². The summed E-state index contributed by atoms with van der Waals surface area (Å²) in [5.41, 5.74) is 1.86. The van der Waals surface area contributed by atoms with Crippen LogP contribution < -0.4 is 10.5 Å². The molecule has 0 radical (unpaired) electrons. The van der Waals surface area contributed by atoms with Gasteiger partial charge in [0.2, 0.25) is 0 Å². The van der Waals surface area contributed by atoms with Gasteiger partial charge in [-0.05, 0) is 26.0 Å². The SMILES string of the molecule is Cc1cc(C)n(-c2ccc(=O)n(CC3CN(c4nccs4)C3)n2)n1. The van der Waals surface area contributed by atoms with Crippen LogP contribution >= 0.6 is 11.3 Å². The molecule has 7 nitrogen and oxygen atoms in total. The lowest BCUT2D eigenvalue weighted by Gasteiger charge is -2.39. The fourth-order valence-electron chi connectivity index (χ4n) is 3.00. The number of nitrogens with zero attached hydrogens (tertiary/aromatic N) is 6. The lowest BCUT2D eigenvalue weighted by molar-refractivity contribution is 0.333. The largest absolute Gasteiger partial charge is 0.347 e. The summed E-state index contributed by atoms with van der Waals surface area (Å²) < 4.78 is 3.32. The van der Waals surface area contributed by atoms with Crippen molar-refractivity contribution in [1.82, 2.24) is 24.5 Å². The first-order valence-electron chi connectivity index (χ1n) is 7.86. The molecule has 1 aliphatic heterocycles. The second kappa shape index (κ2) is 5.86. The van der Waals surface area contributed by atoms with E-state index in [1.165, 1.54) is 0 Å². The maximum absolute atomic E-state index is 12.1. The molecule has 1 fully saturated rings. The number of hydrogen-bond donors (Lipinski definition) is 0. The van der Waals surface area contributed by atoms with E-state index in [4.69, 9.17) is 0 Å². The average Bonchev–Trinajstić information content (AvgIpc) is 3.14. The third kappa shape index (κ3) is 2.73. The fourth-order valence-corrected chi connectivity index (χ4v) is 3.66. The molecule has 1 saturated heterocycles. The predicted molar refractivity (Wildman–Crippen MR) is 92.9 cm³/mol. The molecular formula is C16H18N6OS. The molecule has 0 spiro atoms. The van der Waals surface area contributed by atoms with E-state index in [1.54, 1.807) is 32.8 Å². The van der Waals surface area contributed by atoms with Gasteiger partial charge >= 0.3 is 0 Å². The van der Waals surface area contributed by atoms with E-state index in [-0.39, 0.29) is 5.56 Å². The van der Waals surface area contributed by atoms with Crippen LogP contribution in [0.1, 0.15) is 11.4 Å². The summed E-state index contributed by atoms with van der Waals surface area (Å²) in [6, 6.07) is 5.28. The van der Waals surface area contributed by atoms with E-state index in [1.807, 2.05) is 31.5 Å². The van der Waals surface area contributed by atoms with Crippen molar-refractivity contribution in [2.45, 2.75) is 20.4 Å². The molecule has 3 aromatic heterocycles. The van der Waals surface area contributed by atoms with Gasteiger partial charge in [-0.15, -0.1) is 16.4 Å². The number of anilines is 1. The Hall–Kier alpha value is -2.48. The summed E-state index contributed by atoms with van der Waals surface area (Å²) in [6.07, 6.45) is 1.82. The van der Waals surface area contributed by atoms with Crippen LogP contribution in [0.4, 0.5) is 5.13 Å². The Labute approximate surface area is 143 Å². The lowest BCUT2D eigenvalue weighted by atomic mass is 10.0. The van der Waals surface area contributed by atoms with Gasteiger partial charge in [0.25, 0.3) is 5.56 Å². The van der Waals surface area contributed by atoms with Crippen LogP contribution in [-0.4, -0.2) is 37.6 Å². The molecule has 0 atom stereocenters. The standard InChI is InChI=1S/C16H18N6OS/c1-11-7-12(2)22(18-11)14-3-4-15(23)21(19-14)10-13-8-20(9-13)16-17-5-6-24-16/h3-7,13H,8-10H2,1-2H3. The van der Waals surface area contributed by atoms with Crippen LogP contribution in [-0.2, 0) is 6.54 Å². The number of aromatic nitrogens is 5. The Morgan fingerprint density at radius 3 is 2.75 bits per heavy atom. The summed E-state index contributed by atoms with van der Waals surface area (Å²) in [4.78, 5) is 18.7. The number of rotatable bonds is 4. The second-order valence-electron chi connectivity index (χ2n) is 6.14. The first-order valence-corrected chi connectivity index (χ1v) is 8.74. The molecule has 0 saturated carbocycles. The Bertz CT molecular complexity index is 907. The fraction of sp³-hybridized carbons (Fsp3) is 0.375. The molecular weight excluding hydrogens is 324 g/mol. The van der Waals surface area contributed by atoms with E-state index in [2.05, 4.69) is 20.1 Å². The predicted octanol–water partition coefficient (Wildman–Crippen LogP) is 1.64. The summed E-state index contributed by atoms with van der Waals surface area (Å²) in [7, 11) is 0. The van der Waals surface area contributed by atoms with Crippen LogP contribution in [0.5, 0.6) is 0 Å². The average molecular weight is 342 g/mol. The summed E-state index contributed by atoms with van der Waals surface area (Å²) in [6.45, 7) is 6.36. The van der Waals surface area contributed by atoms with Gasteiger partial charge in [-0.1, -0.05) is 0 Å². The quantitative estimate of drug-likeness (QED) is 0.721. The highest BCUT2D eigenvalue weighted by molar-refractivity contribution is 7.13. The third-order valence-corrected chi connectivity index (χ3v) is 4.99. The minimum Gasteiger partial charge on any atom is -0.347 e. The van der Waals surface area contributed by atoms with Crippen molar-refractivity contribution >= 4 is 16.5 Å². The number of thiazole rings is 1. The summed E-state index contributed by atoms with van der Waals surface area (Å²) in [5.74, 6) is 1.09. The van der Waals surface area contributed by atoms with Gasteiger partial charge in [-0.2, -0.15) is 5.10 Å². The van der Waals surface area contributed by atoms with Crippen molar-refractivity contribution in [2.24, 2.45) is 5.92 Å². The maximum Gasteiger partial charge on any atom is 0.266 e. The first kappa shape index (κ1) is 15.1. The monoisotopic (exact) mass is 342 g/mol. The molecule has 0 aliphatic carbocycles. The van der Waals surface area contributed by atoms with E-state index < -0.39 is 0 Å². The van der Waals surface area contributed by atoms with Gasteiger partial charge in [-0.3, -0.25) is 4.79 Å². The molecule has 3 aromatic rings. The lowest BCUT2D eigenvalue weighted by Crippen LogP contribution is -2.49. The Kier molecular flexibility index (Phi) is 3.68. The Morgan fingerprint density at radius 2 is 2.08 bits per heavy atom. The van der Waals surface area contributed by atoms with Gasteiger partial charge in [-0.25, -0.2) is 14.3 Å². The van der Waals surface area contributed by atoms with Gasteiger partial charge in [0.1, 0.15) is 0 Å².